The highest BCUT2D eigenvalue weighted by molar-refractivity contribution is 7.91. The Hall–Kier alpha value is -2.46. The lowest BCUT2D eigenvalue weighted by molar-refractivity contribution is -0.120. The first-order chi connectivity index (χ1) is 15.8. The molecule has 1 atom stereocenters. The highest BCUT2D eigenvalue weighted by Crippen LogP contribution is 2.37. The topological polar surface area (TPSA) is 120 Å². The number of nitrogens with one attached hydrogen (secondary N) is 1. The van der Waals surface area contributed by atoms with E-state index in [4.69, 9.17) is 4.74 Å². The van der Waals surface area contributed by atoms with Crippen molar-refractivity contribution >= 4 is 49.7 Å². The second-order valence-electron chi connectivity index (χ2n) is 7.81. The Labute approximate surface area is 200 Å². The number of sulfonamides is 1. The number of carbonyl (C=O) groups excluding carboxylic acids is 2. The Morgan fingerprint density at radius 2 is 2.18 bits per heavy atom. The summed E-state index contributed by atoms with van der Waals surface area (Å²) < 4.78 is 32.4. The second kappa shape index (κ2) is 9.80. The highest BCUT2D eigenvalue weighted by atomic mass is 32.2. The summed E-state index contributed by atoms with van der Waals surface area (Å²) in [7, 11) is -3.62. The number of amides is 2. The lowest BCUT2D eigenvalue weighted by atomic mass is 9.98. The van der Waals surface area contributed by atoms with Gasteiger partial charge in [-0.1, -0.05) is 6.07 Å². The summed E-state index contributed by atoms with van der Waals surface area (Å²) in [5, 5.41) is 14.8. The van der Waals surface area contributed by atoms with Crippen molar-refractivity contribution in [3.05, 3.63) is 33.5 Å². The highest BCUT2D eigenvalue weighted by Gasteiger charge is 2.35. The minimum Gasteiger partial charge on any atom is -0.450 e. The third-order valence-electron chi connectivity index (χ3n) is 5.78. The number of piperidine rings is 1. The first-order valence-corrected chi connectivity index (χ1v) is 13.8. The van der Waals surface area contributed by atoms with Gasteiger partial charge in [-0.05, 0) is 43.2 Å². The molecule has 2 aromatic heterocycles. The maximum atomic E-state index is 13.0. The molecule has 0 bridgehead atoms. The predicted octanol–water partition coefficient (Wildman–Crippen LogP) is 3.24. The third kappa shape index (κ3) is 4.77. The number of nitrogens with zero attached hydrogens (tertiary/aromatic N) is 3. The molecule has 9 nitrogen and oxygen atoms in total. The molecule has 1 saturated heterocycles. The zero-order valence-electron chi connectivity index (χ0n) is 18.1. The molecule has 0 spiro atoms. The Morgan fingerprint density at radius 3 is 2.88 bits per heavy atom. The number of fused-ring (bicyclic) bond motifs is 1. The molecule has 0 saturated carbocycles. The standard InChI is InChI=1S/C21H24N4O5S3/c1-2-30-21(27)24-9-7-15-16(11-22)20(32-17(15)13-24)23-19(26)14-5-3-8-25(12-14)33(28,29)18-6-4-10-31-18/h4,6,10,14H,2-3,5,7-9,12-13H2,1H3,(H,23,26). The van der Waals surface area contributed by atoms with Crippen molar-refractivity contribution in [1.29, 1.82) is 5.26 Å². The summed E-state index contributed by atoms with van der Waals surface area (Å²) in [6.07, 6.45) is 1.28. The van der Waals surface area contributed by atoms with E-state index in [0.29, 0.717) is 49.5 Å². The summed E-state index contributed by atoms with van der Waals surface area (Å²) in [5.41, 5.74) is 1.27. The van der Waals surface area contributed by atoms with Gasteiger partial charge >= 0.3 is 6.09 Å². The number of thiophene rings is 2. The van der Waals surface area contributed by atoms with E-state index in [1.165, 1.54) is 15.6 Å². The molecule has 2 aliphatic rings. The van der Waals surface area contributed by atoms with Crippen LogP contribution in [0.15, 0.2) is 21.7 Å². The van der Waals surface area contributed by atoms with E-state index in [2.05, 4.69) is 11.4 Å². The maximum absolute atomic E-state index is 13.0. The second-order valence-corrected chi connectivity index (χ2v) is 12.0. The van der Waals surface area contributed by atoms with Crippen molar-refractivity contribution in [2.24, 2.45) is 5.92 Å². The van der Waals surface area contributed by atoms with Crippen LogP contribution in [0.2, 0.25) is 0 Å². The number of rotatable bonds is 5. The average molecular weight is 509 g/mol. The normalized spacial score (nSPS) is 18.9. The van der Waals surface area contributed by atoms with Crippen LogP contribution < -0.4 is 5.32 Å². The predicted molar refractivity (Wildman–Crippen MR) is 125 cm³/mol. The number of nitriles is 1. The Morgan fingerprint density at radius 1 is 1.36 bits per heavy atom. The fourth-order valence-corrected chi connectivity index (χ4v) is 7.99. The number of hydrogen-bond acceptors (Lipinski definition) is 8. The lowest BCUT2D eigenvalue weighted by Gasteiger charge is -2.30. The molecule has 2 amide bonds. The Balaban J connectivity index is 1.48. The van der Waals surface area contributed by atoms with E-state index in [-0.39, 0.29) is 23.3 Å². The molecule has 33 heavy (non-hydrogen) atoms. The number of ether oxygens (including phenoxy) is 1. The van der Waals surface area contributed by atoms with Crippen LogP contribution in [0.3, 0.4) is 0 Å². The van der Waals surface area contributed by atoms with Gasteiger partial charge in [-0.3, -0.25) is 4.79 Å². The fourth-order valence-electron chi connectivity index (χ4n) is 4.11. The van der Waals surface area contributed by atoms with Gasteiger partial charge in [0.15, 0.2) is 0 Å². The molecular formula is C21H24N4O5S3. The monoisotopic (exact) mass is 508 g/mol. The van der Waals surface area contributed by atoms with Crippen molar-refractivity contribution < 1.29 is 22.7 Å². The molecule has 2 aliphatic heterocycles. The molecule has 4 heterocycles. The fraction of sp³-hybridized carbons (Fsp3) is 0.476. The van der Waals surface area contributed by atoms with Crippen molar-refractivity contribution in [1.82, 2.24) is 9.21 Å². The largest absolute Gasteiger partial charge is 0.450 e. The van der Waals surface area contributed by atoms with Gasteiger partial charge in [0.25, 0.3) is 10.0 Å². The summed E-state index contributed by atoms with van der Waals surface area (Å²) in [4.78, 5) is 27.6. The van der Waals surface area contributed by atoms with Crippen LogP contribution in [-0.4, -0.2) is 55.9 Å². The minimum absolute atomic E-state index is 0.107. The van der Waals surface area contributed by atoms with Gasteiger partial charge < -0.3 is 15.0 Å². The van der Waals surface area contributed by atoms with E-state index in [0.717, 1.165) is 21.8 Å². The lowest BCUT2D eigenvalue weighted by Crippen LogP contribution is -2.43. The van der Waals surface area contributed by atoms with E-state index in [1.807, 2.05) is 0 Å². The molecule has 12 heteroatoms. The SMILES string of the molecule is CCOC(=O)N1CCc2c(sc(NC(=O)C3CCCN(S(=O)(=O)c4cccs4)C3)c2C#N)C1. The van der Waals surface area contributed by atoms with Crippen LogP contribution in [0.1, 0.15) is 35.8 Å². The first-order valence-electron chi connectivity index (χ1n) is 10.7. The number of carbonyl (C=O) groups is 2. The van der Waals surface area contributed by atoms with E-state index in [9.17, 15) is 23.3 Å². The van der Waals surface area contributed by atoms with Crippen LogP contribution >= 0.6 is 22.7 Å². The molecule has 4 rings (SSSR count). The van der Waals surface area contributed by atoms with Gasteiger partial charge in [-0.25, -0.2) is 13.2 Å². The Kier molecular flexibility index (Phi) is 7.04. The summed E-state index contributed by atoms with van der Waals surface area (Å²) in [5.74, 6) is -0.798. The summed E-state index contributed by atoms with van der Waals surface area (Å²) in [6.45, 7) is 3.30. The molecule has 0 radical (unpaired) electrons. The molecule has 1 unspecified atom stereocenters. The van der Waals surface area contributed by atoms with Gasteiger partial charge in [0.05, 0.1) is 24.6 Å². The van der Waals surface area contributed by atoms with Crippen LogP contribution in [0, 0.1) is 17.2 Å². The van der Waals surface area contributed by atoms with Crippen molar-refractivity contribution in [2.45, 2.75) is 36.9 Å². The zero-order valence-corrected chi connectivity index (χ0v) is 20.5. The molecule has 176 valence electrons. The summed E-state index contributed by atoms with van der Waals surface area (Å²) >= 11 is 2.45. The Bertz CT molecular complexity index is 1180. The van der Waals surface area contributed by atoms with Gasteiger partial charge in [0.1, 0.15) is 15.3 Å². The van der Waals surface area contributed by atoms with Crippen LogP contribution in [-0.2, 0) is 32.5 Å². The molecule has 0 aromatic carbocycles. The van der Waals surface area contributed by atoms with Crippen molar-refractivity contribution in [3.63, 3.8) is 0 Å². The number of anilines is 1. The van der Waals surface area contributed by atoms with Gasteiger partial charge in [0, 0.05) is 24.5 Å². The van der Waals surface area contributed by atoms with Crippen LogP contribution in [0.4, 0.5) is 9.80 Å². The van der Waals surface area contributed by atoms with Crippen LogP contribution in [0.5, 0.6) is 0 Å². The van der Waals surface area contributed by atoms with Crippen molar-refractivity contribution in [3.8, 4) is 6.07 Å². The van der Waals surface area contributed by atoms with Crippen molar-refractivity contribution in [2.75, 3.05) is 31.6 Å². The molecule has 0 aliphatic carbocycles. The molecule has 1 fully saturated rings. The van der Waals surface area contributed by atoms with E-state index >= 15 is 0 Å². The molecule has 2 aromatic rings. The quantitative estimate of drug-likeness (QED) is 0.662. The van der Waals surface area contributed by atoms with Gasteiger partial charge in [-0.15, -0.1) is 22.7 Å². The maximum Gasteiger partial charge on any atom is 0.410 e. The third-order valence-corrected chi connectivity index (χ3v) is 10.1. The van der Waals surface area contributed by atoms with Gasteiger partial charge in [0.2, 0.25) is 5.91 Å². The van der Waals surface area contributed by atoms with E-state index in [1.54, 1.807) is 29.3 Å². The zero-order chi connectivity index (χ0) is 23.6. The van der Waals surface area contributed by atoms with E-state index < -0.39 is 22.0 Å². The summed E-state index contributed by atoms with van der Waals surface area (Å²) in [6, 6.07) is 5.45. The molecular weight excluding hydrogens is 484 g/mol. The minimum atomic E-state index is -3.62. The van der Waals surface area contributed by atoms with Gasteiger partial charge in [-0.2, -0.15) is 9.57 Å². The molecule has 1 N–H and O–H groups in total. The average Bonchev–Trinajstić information content (AvgIpc) is 3.47. The van der Waals surface area contributed by atoms with Crippen LogP contribution in [0.25, 0.3) is 0 Å². The number of hydrogen-bond donors (Lipinski definition) is 1. The smallest absolute Gasteiger partial charge is 0.410 e. The first kappa shape index (κ1) is 23.7.